The van der Waals surface area contributed by atoms with Crippen molar-refractivity contribution in [3.05, 3.63) is 59.2 Å². The molecule has 0 spiro atoms. The lowest BCUT2D eigenvalue weighted by Gasteiger charge is -2.33. The molecule has 1 N–H and O–H groups in total. The number of carbonyl (C=O) groups is 1. The van der Waals surface area contributed by atoms with Gasteiger partial charge in [-0.05, 0) is 56.4 Å². The van der Waals surface area contributed by atoms with Gasteiger partial charge in [-0.3, -0.25) is 9.62 Å². The lowest BCUT2D eigenvalue weighted by molar-refractivity contribution is 0.107. The average Bonchev–Trinajstić information content (AvgIpc) is 3.44. The van der Waals surface area contributed by atoms with Crippen molar-refractivity contribution in [2.45, 2.75) is 38.5 Å². The molecule has 2 aromatic rings. The van der Waals surface area contributed by atoms with Crippen LogP contribution >= 0.6 is 0 Å². The maximum absolute atomic E-state index is 12.6. The lowest BCUT2D eigenvalue weighted by atomic mass is 10.0. The van der Waals surface area contributed by atoms with Gasteiger partial charge in [0.05, 0.1) is 11.4 Å². The number of rotatable bonds is 6. The summed E-state index contributed by atoms with van der Waals surface area (Å²) in [6.07, 6.45) is 1.51. The normalized spacial score (nSPS) is 19.1. The molecule has 1 aliphatic heterocycles. The molecular formula is C21H24N2O4S. The van der Waals surface area contributed by atoms with Gasteiger partial charge in [0.2, 0.25) is 10.0 Å². The Morgan fingerprint density at radius 1 is 1.14 bits per heavy atom. The number of hydrogen-bond acceptors (Lipinski definition) is 4. The molecule has 1 saturated carbocycles. The van der Waals surface area contributed by atoms with Crippen molar-refractivity contribution in [3.8, 4) is 0 Å². The van der Waals surface area contributed by atoms with Crippen molar-refractivity contribution in [2.24, 2.45) is 5.92 Å². The maximum atomic E-state index is 12.6. The molecule has 4 rings (SSSR count). The van der Waals surface area contributed by atoms with Crippen LogP contribution in [-0.2, 0) is 20.5 Å². The highest BCUT2D eigenvalue weighted by molar-refractivity contribution is 7.91. The number of hydrogen-bond donors (Lipinski definition) is 1. The number of ether oxygens (including phenoxy) is 1. The zero-order chi connectivity index (χ0) is 19.9. The van der Waals surface area contributed by atoms with Crippen LogP contribution in [0.5, 0.6) is 0 Å². The van der Waals surface area contributed by atoms with Crippen LogP contribution in [0.4, 0.5) is 16.2 Å². The van der Waals surface area contributed by atoms with Gasteiger partial charge in [-0.25, -0.2) is 13.2 Å². The Labute approximate surface area is 165 Å². The van der Waals surface area contributed by atoms with E-state index in [1.54, 1.807) is 30.0 Å². The summed E-state index contributed by atoms with van der Waals surface area (Å²) in [5.74, 6) is 0.435. The molecule has 0 aromatic heterocycles. The Kier molecular flexibility index (Phi) is 4.79. The first-order valence-corrected chi connectivity index (χ1v) is 11.1. The second-order valence-corrected chi connectivity index (χ2v) is 9.42. The number of amides is 1. The summed E-state index contributed by atoms with van der Waals surface area (Å²) in [6.45, 7) is 4.41. The van der Waals surface area contributed by atoms with Gasteiger partial charge in [0.15, 0.2) is 0 Å². The lowest BCUT2D eigenvalue weighted by Crippen LogP contribution is -2.38. The predicted octanol–water partition coefficient (Wildman–Crippen LogP) is 4.36. The molecule has 1 unspecified atom stereocenters. The number of anilines is 2. The first-order chi connectivity index (χ1) is 13.3. The largest absolute Gasteiger partial charge is 0.441 e. The van der Waals surface area contributed by atoms with E-state index in [0.717, 1.165) is 35.2 Å². The fraction of sp³-hybridized carbons (Fsp3) is 0.381. The minimum atomic E-state index is -3.55. The minimum absolute atomic E-state index is 0.0945. The third kappa shape index (κ3) is 4.14. The van der Waals surface area contributed by atoms with Crippen LogP contribution in [0.2, 0.25) is 0 Å². The van der Waals surface area contributed by atoms with Crippen molar-refractivity contribution >= 4 is 27.5 Å². The molecule has 1 heterocycles. The van der Waals surface area contributed by atoms with Crippen molar-refractivity contribution in [1.29, 1.82) is 0 Å². The highest BCUT2D eigenvalue weighted by Crippen LogP contribution is 2.39. The number of sulfonamides is 1. The van der Waals surface area contributed by atoms with E-state index < -0.39 is 16.1 Å². The third-order valence-electron chi connectivity index (χ3n) is 5.14. The summed E-state index contributed by atoms with van der Waals surface area (Å²) in [5.41, 5.74) is 3.91. The van der Waals surface area contributed by atoms with Gasteiger partial charge in [-0.2, -0.15) is 0 Å². The number of aryl methyl sites for hydroxylation is 1. The second kappa shape index (κ2) is 7.13. The van der Waals surface area contributed by atoms with E-state index in [9.17, 15) is 13.2 Å². The number of nitrogens with one attached hydrogen (secondary N) is 1. The van der Waals surface area contributed by atoms with Gasteiger partial charge in [-0.15, -0.1) is 0 Å². The Bertz CT molecular complexity index is 998. The minimum Gasteiger partial charge on any atom is -0.441 e. The Hall–Kier alpha value is -2.54. The topological polar surface area (TPSA) is 75.7 Å². The van der Waals surface area contributed by atoms with Crippen molar-refractivity contribution in [1.82, 2.24) is 0 Å². The van der Waals surface area contributed by atoms with Gasteiger partial charge in [0.25, 0.3) is 0 Å². The summed E-state index contributed by atoms with van der Waals surface area (Å²) in [4.78, 5) is 13.9. The summed E-state index contributed by atoms with van der Waals surface area (Å²) < 4.78 is 33.2. The fourth-order valence-electron chi connectivity index (χ4n) is 3.42. The molecule has 7 heteroatoms. The Morgan fingerprint density at radius 3 is 2.54 bits per heavy atom. The van der Waals surface area contributed by atoms with Crippen LogP contribution < -0.4 is 9.62 Å². The summed E-state index contributed by atoms with van der Waals surface area (Å²) in [6, 6.07) is 12.7. The van der Waals surface area contributed by atoms with Crippen LogP contribution in [0, 0.1) is 12.8 Å². The molecule has 0 bridgehead atoms. The van der Waals surface area contributed by atoms with Crippen molar-refractivity contribution < 1.29 is 17.9 Å². The van der Waals surface area contributed by atoms with Crippen molar-refractivity contribution in [2.75, 3.05) is 16.2 Å². The van der Waals surface area contributed by atoms with E-state index in [4.69, 9.17) is 4.74 Å². The van der Waals surface area contributed by atoms with E-state index in [1.165, 1.54) is 0 Å². The predicted molar refractivity (Wildman–Crippen MR) is 109 cm³/mol. The molecule has 1 aliphatic carbocycles. The van der Waals surface area contributed by atoms with E-state index in [1.807, 2.05) is 31.2 Å². The summed E-state index contributed by atoms with van der Waals surface area (Å²) in [5, 5.41) is 0. The van der Waals surface area contributed by atoms with Gasteiger partial charge in [0, 0.05) is 17.8 Å². The van der Waals surface area contributed by atoms with Crippen LogP contribution in [0.1, 0.15) is 42.6 Å². The third-order valence-corrected chi connectivity index (χ3v) is 6.40. The molecule has 1 amide bonds. The molecule has 2 aromatic carbocycles. The summed E-state index contributed by atoms with van der Waals surface area (Å²) >= 11 is 0. The second-order valence-electron chi connectivity index (χ2n) is 7.70. The first-order valence-electron chi connectivity index (χ1n) is 9.49. The van der Waals surface area contributed by atoms with Crippen LogP contribution in [0.3, 0.4) is 0 Å². The number of benzene rings is 2. The SMILES string of the molecule is Cc1ccc(CS(=O)(=O)Nc2ccc3c(c2)C(C)OC(=O)N3CC2CC2)cc1. The molecule has 6 nitrogen and oxygen atoms in total. The quantitative estimate of drug-likeness (QED) is 0.781. The molecule has 28 heavy (non-hydrogen) atoms. The Morgan fingerprint density at radius 2 is 1.86 bits per heavy atom. The van der Waals surface area contributed by atoms with Crippen LogP contribution in [0.25, 0.3) is 0 Å². The van der Waals surface area contributed by atoms with Crippen molar-refractivity contribution in [3.63, 3.8) is 0 Å². The molecule has 0 radical (unpaired) electrons. The van der Waals surface area contributed by atoms with Crippen LogP contribution in [0.15, 0.2) is 42.5 Å². The van der Waals surface area contributed by atoms with Gasteiger partial charge in [-0.1, -0.05) is 29.8 Å². The number of fused-ring (bicyclic) bond motifs is 1. The highest BCUT2D eigenvalue weighted by Gasteiger charge is 2.35. The van der Waals surface area contributed by atoms with E-state index in [2.05, 4.69) is 4.72 Å². The molecule has 0 saturated heterocycles. The maximum Gasteiger partial charge on any atom is 0.414 e. The molecule has 2 aliphatic rings. The smallest absolute Gasteiger partial charge is 0.414 e. The zero-order valence-electron chi connectivity index (χ0n) is 16.0. The molecular weight excluding hydrogens is 376 g/mol. The number of cyclic esters (lactones) is 1. The molecule has 148 valence electrons. The highest BCUT2D eigenvalue weighted by atomic mass is 32.2. The van der Waals surface area contributed by atoms with Crippen LogP contribution in [-0.4, -0.2) is 21.1 Å². The van der Waals surface area contributed by atoms with Gasteiger partial charge in [0.1, 0.15) is 6.10 Å². The Balaban J connectivity index is 1.55. The number of carbonyl (C=O) groups excluding carboxylic acids is 1. The molecule has 1 fully saturated rings. The summed E-state index contributed by atoms with van der Waals surface area (Å²) in [7, 11) is -3.55. The van der Waals surface area contributed by atoms with Gasteiger partial charge < -0.3 is 4.74 Å². The average molecular weight is 401 g/mol. The number of nitrogens with zero attached hydrogens (tertiary/aromatic N) is 1. The van der Waals surface area contributed by atoms with E-state index >= 15 is 0 Å². The molecule has 1 atom stereocenters. The van der Waals surface area contributed by atoms with E-state index in [-0.39, 0.29) is 11.8 Å². The zero-order valence-corrected chi connectivity index (χ0v) is 16.8. The fourth-order valence-corrected chi connectivity index (χ4v) is 4.61. The van der Waals surface area contributed by atoms with E-state index in [0.29, 0.717) is 18.2 Å². The first kappa shape index (κ1) is 18.8. The standard InChI is InChI=1S/C21H24N2O4S/c1-14-3-5-17(6-4-14)13-28(25,26)22-18-9-10-20-19(11-18)15(2)27-21(24)23(20)12-16-7-8-16/h3-6,9-11,15-16,22H,7-8,12-13H2,1-2H3. The van der Waals surface area contributed by atoms with Gasteiger partial charge >= 0.3 is 6.09 Å². The monoisotopic (exact) mass is 400 g/mol.